The lowest BCUT2D eigenvalue weighted by Crippen LogP contribution is -2.25. The van der Waals surface area contributed by atoms with E-state index < -0.39 is 0 Å². The van der Waals surface area contributed by atoms with E-state index in [0.29, 0.717) is 12.0 Å². The zero-order chi connectivity index (χ0) is 10.5. The Morgan fingerprint density at radius 3 is 1.92 bits per heavy atom. The number of hydrogen-bond donors (Lipinski definition) is 0. The van der Waals surface area contributed by atoms with Crippen LogP contribution < -0.4 is 0 Å². The van der Waals surface area contributed by atoms with Gasteiger partial charge in [-0.25, -0.2) is 0 Å². The van der Waals surface area contributed by atoms with Crippen molar-refractivity contribution < 1.29 is 9.47 Å². The molecule has 0 rings (SSSR count). The average molecular weight is 188 g/mol. The van der Waals surface area contributed by atoms with Gasteiger partial charge in [-0.1, -0.05) is 6.92 Å². The molecule has 1 unspecified atom stereocenters. The van der Waals surface area contributed by atoms with Crippen LogP contribution in [0.4, 0.5) is 0 Å². The Hall–Kier alpha value is -0.0800. The molecule has 0 N–H and O–H groups in total. The van der Waals surface area contributed by atoms with Crippen molar-refractivity contribution in [2.75, 3.05) is 13.2 Å². The summed E-state index contributed by atoms with van der Waals surface area (Å²) >= 11 is 0. The zero-order valence-corrected chi connectivity index (χ0v) is 9.89. The van der Waals surface area contributed by atoms with Gasteiger partial charge < -0.3 is 9.47 Å². The maximum Gasteiger partial charge on any atom is 0.0598 e. The van der Waals surface area contributed by atoms with Gasteiger partial charge >= 0.3 is 0 Å². The van der Waals surface area contributed by atoms with Crippen molar-refractivity contribution in [3.8, 4) is 0 Å². The van der Waals surface area contributed by atoms with Crippen LogP contribution in [-0.4, -0.2) is 24.9 Å². The summed E-state index contributed by atoms with van der Waals surface area (Å²) < 4.78 is 11.1. The fraction of sp³-hybridized carbons (Fsp3) is 1.00. The van der Waals surface area contributed by atoms with E-state index in [0.717, 1.165) is 13.2 Å². The lowest BCUT2D eigenvalue weighted by molar-refractivity contribution is -0.0418. The second-order valence-corrected chi connectivity index (χ2v) is 4.91. The summed E-state index contributed by atoms with van der Waals surface area (Å²) in [6.45, 7) is 14.0. The van der Waals surface area contributed by atoms with E-state index >= 15 is 0 Å². The first kappa shape index (κ1) is 12.9. The van der Waals surface area contributed by atoms with Gasteiger partial charge in [-0.3, -0.25) is 0 Å². The fourth-order valence-electron chi connectivity index (χ4n) is 0.797. The van der Waals surface area contributed by atoms with Gasteiger partial charge in [0.05, 0.1) is 24.9 Å². The molecule has 0 heterocycles. The van der Waals surface area contributed by atoms with Gasteiger partial charge in [0.15, 0.2) is 0 Å². The normalized spacial score (nSPS) is 15.0. The highest BCUT2D eigenvalue weighted by molar-refractivity contribution is 4.60. The Balaban J connectivity index is 3.46. The van der Waals surface area contributed by atoms with Gasteiger partial charge in [-0.15, -0.1) is 0 Å². The molecule has 0 fully saturated rings. The molecule has 0 aromatic rings. The van der Waals surface area contributed by atoms with Crippen LogP contribution in [0.1, 0.15) is 41.5 Å². The van der Waals surface area contributed by atoms with Crippen LogP contribution in [0.5, 0.6) is 0 Å². The van der Waals surface area contributed by atoms with Crippen LogP contribution in [0.3, 0.4) is 0 Å². The van der Waals surface area contributed by atoms with Crippen molar-refractivity contribution in [3.63, 3.8) is 0 Å². The van der Waals surface area contributed by atoms with E-state index in [4.69, 9.17) is 9.47 Å². The Morgan fingerprint density at radius 2 is 1.54 bits per heavy atom. The van der Waals surface area contributed by atoms with Crippen LogP contribution in [0.2, 0.25) is 0 Å². The highest BCUT2D eigenvalue weighted by Crippen LogP contribution is 2.09. The zero-order valence-electron chi connectivity index (χ0n) is 9.89. The monoisotopic (exact) mass is 188 g/mol. The molecule has 0 aliphatic carbocycles. The first-order valence-corrected chi connectivity index (χ1v) is 5.07. The number of ether oxygens (including phenoxy) is 2. The van der Waals surface area contributed by atoms with Gasteiger partial charge in [0.2, 0.25) is 0 Å². The average Bonchev–Trinajstić information content (AvgIpc) is 1.95. The molecule has 1 atom stereocenters. The molecule has 0 aromatic carbocycles. The molecule has 0 aliphatic rings. The SMILES string of the molecule is CC(COC(C)C)COC(C)(C)C. The van der Waals surface area contributed by atoms with Crippen molar-refractivity contribution in [2.24, 2.45) is 5.92 Å². The highest BCUT2D eigenvalue weighted by Gasteiger charge is 2.12. The molecule has 0 saturated heterocycles. The minimum absolute atomic E-state index is 0.0356. The lowest BCUT2D eigenvalue weighted by Gasteiger charge is -2.22. The molecule has 80 valence electrons. The maximum atomic E-state index is 5.64. The lowest BCUT2D eigenvalue weighted by atomic mass is 10.1. The minimum Gasteiger partial charge on any atom is -0.378 e. The fourth-order valence-corrected chi connectivity index (χ4v) is 0.797. The second-order valence-electron chi connectivity index (χ2n) is 4.91. The molecule has 0 bridgehead atoms. The van der Waals surface area contributed by atoms with Crippen LogP contribution in [0.15, 0.2) is 0 Å². The molecular weight excluding hydrogens is 164 g/mol. The van der Waals surface area contributed by atoms with Crippen LogP contribution >= 0.6 is 0 Å². The largest absolute Gasteiger partial charge is 0.378 e. The van der Waals surface area contributed by atoms with Crippen molar-refractivity contribution in [2.45, 2.75) is 53.2 Å². The van der Waals surface area contributed by atoms with E-state index in [9.17, 15) is 0 Å². The summed E-state index contributed by atoms with van der Waals surface area (Å²) in [5.74, 6) is 0.474. The highest BCUT2D eigenvalue weighted by atomic mass is 16.5. The molecule has 0 radical (unpaired) electrons. The molecule has 2 nitrogen and oxygen atoms in total. The Bertz CT molecular complexity index is 125. The first-order valence-electron chi connectivity index (χ1n) is 5.07. The molecule has 13 heavy (non-hydrogen) atoms. The van der Waals surface area contributed by atoms with Gasteiger partial charge in [-0.05, 0) is 34.6 Å². The summed E-state index contributed by atoms with van der Waals surface area (Å²) in [4.78, 5) is 0. The molecule has 0 spiro atoms. The quantitative estimate of drug-likeness (QED) is 0.660. The summed E-state index contributed by atoms with van der Waals surface area (Å²) in [6, 6.07) is 0. The third-order valence-corrected chi connectivity index (χ3v) is 1.51. The van der Waals surface area contributed by atoms with Crippen LogP contribution in [0, 0.1) is 5.92 Å². The Kier molecular flexibility index (Phi) is 5.57. The third kappa shape index (κ3) is 9.84. The van der Waals surface area contributed by atoms with Crippen molar-refractivity contribution in [1.29, 1.82) is 0 Å². The van der Waals surface area contributed by atoms with Crippen LogP contribution in [-0.2, 0) is 9.47 Å². The predicted molar refractivity (Wildman–Crippen MR) is 56.0 cm³/mol. The number of hydrogen-bond acceptors (Lipinski definition) is 2. The number of rotatable bonds is 5. The summed E-state index contributed by atoms with van der Waals surface area (Å²) in [5.41, 5.74) is -0.0356. The van der Waals surface area contributed by atoms with Gasteiger partial charge in [0, 0.05) is 5.92 Å². The topological polar surface area (TPSA) is 18.5 Å². The van der Waals surface area contributed by atoms with E-state index in [1.807, 2.05) is 0 Å². The Morgan fingerprint density at radius 1 is 1.00 bits per heavy atom. The summed E-state index contributed by atoms with van der Waals surface area (Å²) in [6.07, 6.45) is 0.317. The van der Waals surface area contributed by atoms with E-state index in [1.165, 1.54) is 0 Å². The summed E-state index contributed by atoms with van der Waals surface area (Å²) in [7, 11) is 0. The molecule has 0 aromatic heterocycles. The van der Waals surface area contributed by atoms with Crippen LogP contribution in [0.25, 0.3) is 0 Å². The predicted octanol–water partition coefficient (Wildman–Crippen LogP) is 2.86. The second kappa shape index (κ2) is 5.61. The molecular formula is C11H24O2. The molecule has 0 amide bonds. The molecule has 0 saturated carbocycles. The van der Waals surface area contributed by atoms with Crippen molar-refractivity contribution in [3.05, 3.63) is 0 Å². The van der Waals surface area contributed by atoms with Gasteiger partial charge in [0.25, 0.3) is 0 Å². The van der Waals surface area contributed by atoms with Gasteiger partial charge in [0.1, 0.15) is 0 Å². The van der Waals surface area contributed by atoms with Gasteiger partial charge in [-0.2, -0.15) is 0 Å². The maximum absolute atomic E-state index is 5.64. The molecule has 2 heteroatoms. The first-order chi connectivity index (χ1) is 5.81. The standard InChI is InChI=1S/C11H24O2/c1-9(2)12-7-10(3)8-13-11(4,5)6/h9-10H,7-8H2,1-6H3. The van der Waals surface area contributed by atoms with Crippen molar-refractivity contribution >= 4 is 0 Å². The minimum atomic E-state index is -0.0356. The van der Waals surface area contributed by atoms with E-state index in [2.05, 4.69) is 41.5 Å². The van der Waals surface area contributed by atoms with E-state index in [-0.39, 0.29) is 5.60 Å². The summed E-state index contributed by atoms with van der Waals surface area (Å²) in [5, 5.41) is 0. The van der Waals surface area contributed by atoms with Crippen molar-refractivity contribution in [1.82, 2.24) is 0 Å². The van der Waals surface area contributed by atoms with E-state index in [1.54, 1.807) is 0 Å². The smallest absolute Gasteiger partial charge is 0.0598 e. The third-order valence-electron chi connectivity index (χ3n) is 1.51. The molecule has 0 aliphatic heterocycles. The Labute approximate surface area is 82.6 Å².